The van der Waals surface area contributed by atoms with Crippen LogP contribution in [0.3, 0.4) is 0 Å². The van der Waals surface area contributed by atoms with Gasteiger partial charge in [0.1, 0.15) is 11.5 Å². The summed E-state index contributed by atoms with van der Waals surface area (Å²) in [5.74, 6) is -3.20. The van der Waals surface area contributed by atoms with E-state index in [1.165, 1.54) is 68.8 Å². The Hall–Kier alpha value is -6.43. The highest BCUT2D eigenvalue weighted by atomic mass is 35.5. The van der Waals surface area contributed by atoms with E-state index in [0.717, 1.165) is 13.8 Å². The maximum absolute atomic E-state index is 13.4. The SMILES string of the molecule is COc1ccc(NC(=O)c2cc(N=NC(C(C)=O)C(=O)Nc3ccc(NC(=O)C(N=Nc4ccc(Cl)c(C(=O)Nc5ccc(OC)cc5C(C)Cl)c4)C(C)=O)c(CCl)c3)ccc2Cl)c(C(C)Cl)c1. The van der Waals surface area contributed by atoms with Crippen molar-refractivity contribution in [1.29, 1.82) is 0 Å². The van der Waals surface area contributed by atoms with Gasteiger partial charge in [0.05, 0.1) is 57.5 Å². The molecule has 0 heterocycles. The van der Waals surface area contributed by atoms with Crippen LogP contribution in [0.2, 0.25) is 10.0 Å². The summed E-state index contributed by atoms with van der Waals surface area (Å²) in [5.41, 5.74) is 3.09. The Labute approximate surface area is 416 Å². The molecule has 354 valence electrons. The average Bonchev–Trinajstić information content (AvgIpc) is 3.30. The highest BCUT2D eigenvalue weighted by Crippen LogP contribution is 2.34. The highest BCUT2D eigenvalue weighted by Gasteiger charge is 2.27. The van der Waals surface area contributed by atoms with Crippen molar-refractivity contribution >= 4 is 127 Å². The van der Waals surface area contributed by atoms with Crippen molar-refractivity contribution in [3.05, 3.63) is 129 Å². The first kappa shape index (κ1) is 52.5. The van der Waals surface area contributed by atoms with Gasteiger partial charge < -0.3 is 30.7 Å². The first-order valence-electron chi connectivity index (χ1n) is 20.3. The fourth-order valence-electron chi connectivity index (χ4n) is 6.30. The summed E-state index contributed by atoms with van der Waals surface area (Å²) in [4.78, 5) is 78.8. The topological polar surface area (TPSA) is 218 Å². The fraction of sp³-hybridized carbons (Fsp3) is 0.234. The molecule has 68 heavy (non-hydrogen) atoms. The molecule has 0 aliphatic carbocycles. The van der Waals surface area contributed by atoms with Gasteiger partial charge in [-0.3, -0.25) is 28.8 Å². The lowest BCUT2D eigenvalue weighted by Gasteiger charge is -2.15. The molecule has 0 spiro atoms. The van der Waals surface area contributed by atoms with Gasteiger partial charge in [-0.15, -0.1) is 34.8 Å². The summed E-state index contributed by atoms with van der Waals surface area (Å²) in [6.07, 6.45) is 0. The number of Topliss-reactive ketones (excluding diaryl/α,β-unsaturated/α-hetero) is 2. The molecule has 0 saturated heterocycles. The van der Waals surface area contributed by atoms with Crippen LogP contribution in [0.25, 0.3) is 0 Å². The minimum atomic E-state index is -1.62. The number of ketones is 2. The molecule has 4 amide bonds. The molecule has 4 N–H and O–H groups in total. The number of methoxy groups -OCH3 is 2. The number of nitrogens with zero attached hydrogens (tertiary/aromatic N) is 4. The van der Waals surface area contributed by atoms with Gasteiger partial charge in [-0.05, 0) is 135 Å². The number of alkyl halides is 3. The molecule has 5 aromatic carbocycles. The van der Waals surface area contributed by atoms with Crippen molar-refractivity contribution in [3.8, 4) is 11.5 Å². The van der Waals surface area contributed by atoms with Gasteiger partial charge in [0.2, 0.25) is 12.1 Å². The minimum Gasteiger partial charge on any atom is -0.497 e. The van der Waals surface area contributed by atoms with Crippen LogP contribution in [-0.2, 0) is 25.1 Å². The van der Waals surface area contributed by atoms with Crippen molar-refractivity contribution < 1.29 is 38.2 Å². The smallest absolute Gasteiger partial charge is 0.258 e. The zero-order valence-electron chi connectivity index (χ0n) is 37.1. The zero-order valence-corrected chi connectivity index (χ0v) is 40.9. The number of rotatable bonds is 19. The van der Waals surface area contributed by atoms with Crippen molar-refractivity contribution in [3.63, 3.8) is 0 Å². The Morgan fingerprint density at radius 2 is 0.985 bits per heavy atom. The molecule has 5 aromatic rings. The van der Waals surface area contributed by atoms with Crippen LogP contribution in [0.5, 0.6) is 11.5 Å². The molecule has 5 rings (SSSR count). The average molecular weight is 1030 g/mol. The van der Waals surface area contributed by atoms with Crippen LogP contribution in [0.15, 0.2) is 111 Å². The molecule has 0 fully saturated rings. The monoisotopic (exact) mass is 1020 g/mol. The van der Waals surface area contributed by atoms with E-state index in [2.05, 4.69) is 41.7 Å². The van der Waals surface area contributed by atoms with E-state index in [1.54, 1.807) is 50.2 Å². The number of anilines is 4. The number of halogens is 5. The van der Waals surface area contributed by atoms with E-state index < -0.39 is 58.0 Å². The van der Waals surface area contributed by atoms with E-state index >= 15 is 0 Å². The predicted molar refractivity (Wildman–Crippen MR) is 265 cm³/mol. The second-order valence-electron chi connectivity index (χ2n) is 14.8. The summed E-state index contributed by atoms with van der Waals surface area (Å²) in [7, 11) is 3.02. The second-order valence-corrected chi connectivity index (χ2v) is 17.2. The van der Waals surface area contributed by atoms with Crippen molar-refractivity contribution in [1.82, 2.24) is 0 Å². The first-order chi connectivity index (χ1) is 32.3. The van der Waals surface area contributed by atoms with Gasteiger partial charge in [0.25, 0.3) is 23.6 Å². The lowest BCUT2D eigenvalue weighted by molar-refractivity contribution is -0.127. The van der Waals surface area contributed by atoms with Crippen LogP contribution in [0.4, 0.5) is 34.1 Å². The molecule has 0 aliphatic heterocycles. The van der Waals surface area contributed by atoms with Crippen molar-refractivity contribution in [2.75, 3.05) is 35.5 Å². The van der Waals surface area contributed by atoms with Crippen molar-refractivity contribution in [2.24, 2.45) is 20.5 Å². The van der Waals surface area contributed by atoms with Crippen LogP contribution in [0.1, 0.15) is 75.9 Å². The lowest BCUT2D eigenvalue weighted by Crippen LogP contribution is -2.32. The van der Waals surface area contributed by atoms with Gasteiger partial charge in [-0.1, -0.05) is 23.2 Å². The number of ether oxygens (including phenoxy) is 2. The second kappa shape index (κ2) is 24.0. The third kappa shape index (κ3) is 13.6. The standard InChI is InChI=1S/C47H43Cl5N8O8/c1-23(49)33-20-31(67-5)10-15-40(33)55-44(63)35-18-29(7-12-37(35)51)57-59-42(25(3)61)46(65)53-28-9-14-39(27(17-28)22-48)54-47(66)43(26(4)62)60-58-30-8-13-38(52)36(19-30)45(64)56-41-16-11-32(68-6)21-34(41)24(2)50/h7-21,23-24,42-43H,22H2,1-6H3,(H,53,65)(H,54,66)(H,55,63)(H,56,64). The molecular formula is C47H43Cl5N8O8. The van der Waals surface area contributed by atoms with Crippen molar-refractivity contribution in [2.45, 2.75) is 56.4 Å². The summed E-state index contributed by atoms with van der Waals surface area (Å²) >= 11 is 31.7. The maximum Gasteiger partial charge on any atom is 0.258 e. The number of amides is 4. The van der Waals surface area contributed by atoms with E-state index in [-0.39, 0.29) is 49.8 Å². The molecule has 0 aromatic heterocycles. The molecule has 4 unspecified atom stereocenters. The van der Waals surface area contributed by atoms with Gasteiger partial charge in [-0.2, -0.15) is 20.5 Å². The Morgan fingerprint density at radius 1 is 0.559 bits per heavy atom. The summed E-state index contributed by atoms with van der Waals surface area (Å²) < 4.78 is 10.5. The number of benzene rings is 5. The molecule has 0 radical (unpaired) electrons. The summed E-state index contributed by atoms with van der Waals surface area (Å²) in [5, 5.41) is 26.1. The van der Waals surface area contributed by atoms with Crippen LogP contribution >= 0.6 is 58.0 Å². The molecule has 21 heteroatoms. The third-order valence-corrected chi connectivity index (χ3v) is 11.3. The quantitative estimate of drug-likeness (QED) is 0.0353. The Morgan fingerprint density at radius 3 is 1.38 bits per heavy atom. The van der Waals surface area contributed by atoms with Crippen LogP contribution < -0.4 is 30.7 Å². The number of nitrogens with one attached hydrogen (secondary N) is 4. The predicted octanol–water partition coefficient (Wildman–Crippen LogP) is 12.2. The number of hydrogen-bond acceptors (Lipinski definition) is 12. The summed E-state index contributed by atoms with van der Waals surface area (Å²) in [6, 6.07) is 19.5. The summed E-state index contributed by atoms with van der Waals surface area (Å²) in [6.45, 7) is 5.80. The first-order valence-corrected chi connectivity index (χ1v) is 22.5. The molecule has 16 nitrogen and oxygen atoms in total. The van der Waals surface area contributed by atoms with Gasteiger partial charge in [-0.25, -0.2) is 0 Å². The normalized spacial score (nSPS) is 13.0. The minimum absolute atomic E-state index is 0.0347. The largest absolute Gasteiger partial charge is 0.497 e. The highest BCUT2D eigenvalue weighted by molar-refractivity contribution is 6.35. The fourth-order valence-corrected chi connectivity index (χ4v) is 7.29. The van der Waals surface area contributed by atoms with E-state index in [1.807, 2.05) is 0 Å². The Balaban J connectivity index is 1.26. The lowest BCUT2D eigenvalue weighted by atomic mass is 10.1. The van der Waals surface area contributed by atoms with Crippen LogP contribution in [0, 0.1) is 0 Å². The van der Waals surface area contributed by atoms with E-state index in [4.69, 9.17) is 67.5 Å². The van der Waals surface area contributed by atoms with E-state index in [0.29, 0.717) is 39.6 Å². The number of azo groups is 2. The Kier molecular flexibility index (Phi) is 18.6. The van der Waals surface area contributed by atoms with Crippen LogP contribution in [-0.4, -0.2) is 61.5 Å². The Bertz CT molecular complexity index is 2820. The van der Waals surface area contributed by atoms with Gasteiger partial charge in [0, 0.05) is 28.6 Å². The molecule has 0 aliphatic rings. The molecular weight excluding hydrogens is 982 g/mol. The third-order valence-electron chi connectivity index (χ3n) is 9.88. The maximum atomic E-state index is 13.4. The van der Waals surface area contributed by atoms with Gasteiger partial charge in [0.15, 0.2) is 11.6 Å². The molecule has 4 atom stereocenters. The number of carbonyl (C=O) groups is 6. The van der Waals surface area contributed by atoms with Gasteiger partial charge >= 0.3 is 0 Å². The number of hydrogen-bond donors (Lipinski definition) is 4. The molecule has 0 saturated carbocycles. The van der Waals surface area contributed by atoms with E-state index in [9.17, 15) is 28.8 Å². The number of carbonyl (C=O) groups excluding carboxylic acids is 6. The molecule has 0 bridgehead atoms. The zero-order chi connectivity index (χ0) is 49.8.